The Morgan fingerprint density at radius 2 is 1.09 bits per heavy atom. The van der Waals surface area contributed by atoms with E-state index in [1.807, 2.05) is 38.1 Å². The van der Waals surface area contributed by atoms with E-state index in [-0.39, 0.29) is 11.3 Å². The molecule has 0 spiro atoms. The summed E-state index contributed by atoms with van der Waals surface area (Å²) in [6.45, 7) is 3.84. The number of ketones is 2. The van der Waals surface area contributed by atoms with E-state index in [0.717, 1.165) is 29.3 Å². The van der Waals surface area contributed by atoms with Crippen molar-refractivity contribution in [3.63, 3.8) is 0 Å². The van der Waals surface area contributed by atoms with E-state index in [9.17, 15) is 23.5 Å². The number of benzene rings is 4. The molecular weight excluding hydrogens is 422 g/mol. The second kappa shape index (κ2) is 8.79. The zero-order chi connectivity index (χ0) is 23.7. The Morgan fingerprint density at radius 3 is 1.52 bits per heavy atom. The molecule has 0 unspecified atom stereocenters. The highest BCUT2D eigenvalue weighted by Crippen LogP contribution is 2.40. The van der Waals surface area contributed by atoms with Gasteiger partial charge in [0.25, 0.3) is 0 Å². The van der Waals surface area contributed by atoms with Gasteiger partial charge < -0.3 is 5.11 Å². The Morgan fingerprint density at radius 1 is 0.667 bits per heavy atom. The van der Waals surface area contributed by atoms with Crippen LogP contribution in [-0.2, 0) is 0 Å². The molecule has 4 aromatic rings. The van der Waals surface area contributed by atoms with Gasteiger partial charge in [0.05, 0.1) is 5.56 Å². The zero-order valence-electron chi connectivity index (χ0n) is 18.0. The summed E-state index contributed by atoms with van der Waals surface area (Å²) in [5, 5.41) is 11.1. The van der Waals surface area contributed by atoms with Gasteiger partial charge >= 0.3 is 0 Å². The van der Waals surface area contributed by atoms with Crippen LogP contribution >= 0.6 is 0 Å². The van der Waals surface area contributed by atoms with Gasteiger partial charge in [0.15, 0.2) is 0 Å². The van der Waals surface area contributed by atoms with E-state index in [2.05, 4.69) is 0 Å². The monoisotopic (exact) mass is 442 g/mol. The molecule has 0 saturated heterocycles. The van der Waals surface area contributed by atoms with Gasteiger partial charge in [-0.3, -0.25) is 9.59 Å². The van der Waals surface area contributed by atoms with Crippen molar-refractivity contribution in [2.75, 3.05) is 0 Å². The normalized spacial score (nSPS) is 10.8. The van der Waals surface area contributed by atoms with Crippen LogP contribution in [0.15, 0.2) is 78.9 Å². The maximum atomic E-state index is 14.2. The average molecular weight is 442 g/mol. The molecule has 0 aliphatic carbocycles. The summed E-state index contributed by atoms with van der Waals surface area (Å²) in [4.78, 5) is 25.8. The fourth-order valence-corrected chi connectivity index (χ4v) is 3.63. The highest BCUT2D eigenvalue weighted by molar-refractivity contribution is 6.49. The molecule has 1 N–H and O–H groups in total. The first-order chi connectivity index (χ1) is 15.8. The van der Waals surface area contributed by atoms with Gasteiger partial charge in [-0.25, -0.2) is 8.78 Å². The van der Waals surface area contributed by atoms with Gasteiger partial charge in [-0.15, -0.1) is 0 Å². The third kappa shape index (κ3) is 4.30. The largest absolute Gasteiger partial charge is 0.507 e. The molecule has 4 aromatic carbocycles. The standard InChI is InChI=1S/C28H20F2O3/c1-16-6-10-18(11-7-16)21-14-20(15-22(27(21)32)19-12-8-17(2)9-13-19)26(31)28(33)25-23(29)4-3-5-24(25)30/h3-15,32H,1-2H3. The summed E-state index contributed by atoms with van der Waals surface area (Å²) in [5.74, 6) is -4.64. The Kier molecular flexibility index (Phi) is 5.88. The summed E-state index contributed by atoms with van der Waals surface area (Å²) >= 11 is 0. The minimum atomic E-state index is -1.29. The van der Waals surface area contributed by atoms with E-state index in [1.165, 1.54) is 12.1 Å². The van der Waals surface area contributed by atoms with E-state index in [4.69, 9.17) is 0 Å². The molecule has 0 amide bonds. The SMILES string of the molecule is Cc1ccc(-c2cc(C(=O)C(=O)c3c(F)cccc3F)cc(-c3ccc(C)cc3)c2O)cc1. The Hall–Kier alpha value is -4.12. The number of halogens is 2. The third-order valence-electron chi connectivity index (χ3n) is 5.49. The van der Waals surface area contributed by atoms with Crippen LogP contribution in [0.25, 0.3) is 22.3 Å². The van der Waals surface area contributed by atoms with E-state index in [1.54, 1.807) is 24.3 Å². The molecular formula is C28H20F2O3. The van der Waals surface area contributed by atoms with Crippen LogP contribution in [-0.4, -0.2) is 16.7 Å². The second-order valence-electron chi connectivity index (χ2n) is 7.91. The van der Waals surface area contributed by atoms with Crippen LogP contribution in [0.4, 0.5) is 8.78 Å². The highest BCUT2D eigenvalue weighted by Gasteiger charge is 2.27. The molecule has 0 atom stereocenters. The summed E-state index contributed by atoms with van der Waals surface area (Å²) in [6.07, 6.45) is 0. The lowest BCUT2D eigenvalue weighted by Crippen LogP contribution is -2.18. The molecule has 0 aliphatic rings. The molecule has 164 valence electrons. The smallest absolute Gasteiger partial charge is 0.239 e. The van der Waals surface area contributed by atoms with Crippen LogP contribution in [0.5, 0.6) is 5.75 Å². The molecule has 0 heterocycles. The lowest BCUT2D eigenvalue weighted by Gasteiger charge is -2.14. The first kappa shape index (κ1) is 22.1. The molecule has 0 fully saturated rings. The van der Waals surface area contributed by atoms with Gasteiger partial charge in [-0.1, -0.05) is 65.7 Å². The fraction of sp³-hybridized carbons (Fsp3) is 0.0714. The number of aromatic hydroxyl groups is 1. The summed E-state index contributed by atoms with van der Waals surface area (Å²) in [5.41, 5.74) is 2.97. The molecule has 33 heavy (non-hydrogen) atoms. The lowest BCUT2D eigenvalue weighted by atomic mass is 9.91. The van der Waals surface area contributed by atoms with Crippen LogP contribution in [0.2, 0.25) is 0 Å². The molecule has 0 bridgehead atoms. The number of Topliss-reactive ketones (excluding diaryl/α,β-unsaturated/α-hetero) is 2. The maximum Gasteiger partial charge on any atom is 0.239 e. The highest BCUT2D eigenvalue weighted by atomic mass is 19.1. The topological polar surface area (TPSA) is 54.4 Å². The second-order valence-corrected chi connectivity index (χ2v) is 7.91. The molecule has 0 aliphatic heterocycles. The Bertz CT molecular complexity index is 1280. The minimum absolute atomic E-state index is 0.0659. The predicted octanol–water partition coefficient (Wildman–Crippen LogP) is 6.69. The van der Waals surface area contributed by atoms with Gasteiger partial charge in [-0.05, 0) is 49.2 Å². The number of aryl methyl sites for hydroxylation is 2. The summed E-state index contributed by atoms with van der Waals surface area (Å²) in [7, 11) is 0. The van der Waals surface area contributed by atoms with Crippen molar-refractivity contribution in [2.24, 2.45) is 0 Å². The zero-order valence-corrected chi connectivity index (χ0v) is 18.0. The van der Waals surface area contributed by atoms with Crippen LogP contribution < -0.4 is 0 Å². The number of rotatable bonds is 5. The Labute approximate surface area is 190 Å². The van der Waals surface area contributed by atoms with E-state index < -0.39 is 28.8 Å². The van der Waals surface area contributed by atoms with Crippen molar-refractivity contribution >= 4 is 11.6 Å². The number of hydrogen-bond donors (Lipinski definition) is 1. The van der Waals surface area contributed by atoms with Gasteiger partial charge in [0, 0.05) is 16.7 Å². The van der Waals surface area contributed by atoms with Crippen molar-refractivity contribution in [3.05, 3.63) is 113 Å². The number of hydrogen-bond acceptors (Lipinski definition) is 3. The van der Waals surface area contributed by atoms with Crippen molar-refractivity contribution in [1.82, 2.24) is 0 Å². The van der Waals surface area contributed by atoms with Crippen LogP contribution in [0.3, 0.4) is 0 Å². The molecule has 5 heteroatoms. The van der Waals surface area contributed by atoms with Crippen molar-refractivity contribution in [1.29, 1.82) is 0 Å². The maximum absolute atomic E-state index is 14.2. The van der Waals surface area contributed by atoms with E-state index in [0.29, 0.717) is 22.3 Å². The number of phenolic OH excluding ortho intramolecular Hbond substituents is 1. The van der Waals surface area contributed by atoms with Gasteiger partial charge in [-0.2, -0.15) is 0 Å². The molecule has 0 aromatic heterocycles. The van der Waals surface area contributed by atoms with Crippen molar-refractivity contribution in [2.45, 2.75) is 13.8 Å². The van der Waals surface area contributed by atoms with Crippen molar-refractivity contribution < 1.29 is 23.5 Å². The molecule has 4 rings (SSSR count). The fourth-order valence-electron chi connectivity index (χ4n) is 3.63. The van der Waals surface area contributed by atoms with Gasteiger partial charge in [0.1, 0.15) is 17.4 Å². The van der Waals surface area contributed by atoms with Crippen molar-refractivity contribution in [3.8, 4) is 28.0 Å². The lowest BCUT2D eigenvalue weighted by molar-refractivity contribution is 0.0811. The first-order valence-corrected chi connectivity index (χ1v) is 10.3. The summed E-state index contributed by atoms with van der Waals surface area (Å²) in [6, 6.07) is 20.3. The predicted molar refractivity (Wildman–Crippen MR) is 123 cm³/mol. The van der Waals surface area contributed by atoms with Gasteiger partial charge in [0.2, 0.25) is 11.6 Å². The number of phenols is 1. The third-order valence-corrected chi connectivity index (χ3v) is 5.49. The Balaban J connectivity index is 1.90. The quantitative estimate of drug-likeness (QED) is 0.277. The average Bonchev–Trinajstić information content (AvgIpc) is 2.80. The number of carbonyl (C=O) groups excluding carboxylic acids is 2. The van der Waals surface area contributed by atoms with E-state index >= 15 is 0 Å². The first-order valence-electron chi connectivity index (χ1n) is 10.3. The summed E-state index contributed by atoms with van der Waals surface area (Å²) < 4.78 is 28.3. The molecule has 3 nitrogen and oxygen atoms in total. The van der Waals surface area contributed by atoms with Crippen LogP contribution in [0, 0.1) is 25.5 Å². The number of carbonyl (C=O) groups is 2. The van der Waals surface area contributed by atoms with Crippen LogP contribution in [0.1, 0.15) is 31.8 Å². The molecule has 0 saturated carbocycles. The minimum Gasteiger partial charge on any atom is -0.507 e. The molecule has 0 radical (unpaired) electrons.